The number of aromatic amines is 1. The minimum Gasteiger partial charge on any atom is -0.325 e. The van der Waals surface area contributed by atoms with Gasteiger partial charge in [-0.15, -0.1) is 0 Å². The van der Waals surface area contributed by atoms with Crippen molar-refractivity contribution in [1.29, 1.82) is 0 Å². The molecule has 0 saturated carbocycles. The molecule has 3 rings (SSSR count). The number of hydrogen-bond acceptors (Lipinski definition) is 1. The van der Waals surface area contributed by atoms with Gasteiger partial charge in [-0.05, 0) is 18.2 Å². The van der Waals surface area contributed by atoms with Crippen LogP contribution in [0.15, 0.2) is 48.7 Å². The number of aromatic nitrogens is 1. The number of pyridine rings is 1. The first-order valence-corrected chi connectivity index (χ1v) is 7.11. The van der Waals surface area contributed by atoms with Crippen molar-refractivity contribution >= 4 is 5.82 Å². The topological polar surface area (TPSA) is 21.8 Å². The molecule has 2 N–H and O–H groups in total. The molecule has 0 radical (unpaired) electrons. The summed E-state index contributed by atoms with van der Waals surface area (Å²) in [6.07, 6.45) is 1.97. The van der Waals surface area contributed by atoms with Gasteiger partial charge >= 0.3 is 0 Å². The molecule has 4 heteroatoms. The summed E-state index contributed by atoms with van der Waals surface area (Å²) in [7, 11) is 0. The maximum atomic E-state index is 12.9. The van der Waals surface area contributed by atoms with Gasteiger partial charge in [0.25, 0.3) is 5.82 Å². The van der Waals surface area contributed by atoms with Crippen molar-refractivity contribution in [3.8, 4) is 0 Å². The molecule has 0 atom stereocenters. The second-order valence-corrected chi connectivity index (χ2v) is 5.29. The third kappa shape index (κ3) is 3.14. The number of halogens is 1. The predicted octanol–water partition coefficient (Wildman–Crippen LogP) is 0.545. The standard InChI is InChI=1S/C16H18FN3/c17-15-6-4-14(5-7-15)13-19-9-11-20(12-10-19)16-3-1-2-8-18-16/h1-8H,9-13H2/p+2. The summed E-state index contributed by atoms with van der Waals surface area (Å²) in [5, 5.41) is 0. The largest absolute Gasteiger partial charge is 0.325 e. The zero-order valence-corrected chi connectivity index (χ0v) is 11.5. The van der Waals surface area contributed by atoms with Crippen LogP contribution in [0.1, 0.15) is 5.56 Å². The summed E-state index contributed by atoms with van der Waals surface area (Å²) >= 11 is 0. The lowest BCUT2D eigenvalue weighted by atomic mass is 10.2. The van der Waals surface area contributed by atoms with E-state index in [0.29, 0.717) is 0 Å². The van der Waals surface area contributed by atoms with Crippen molar-refractivity contribution in [3.63, 3.8) is 0 Å². The third-order valence-electron chi connectivity index (χ3n) is 3.87. The van der Waals surface area contributed by atoms with Gasteiger partial charge in [0.15, 0.2) is 0 Å². The van der Waals surface area contributed by atoms with Gasteiger partial charge in [0, 0.05) is 11.6 Å². The highest BCUT2D eigenvalue weighted by Crippen LogP contribution is 2.05. The Morgan fingerprint density at radius 2 is 1.80 bits per heavy atom. The second-order valence-electron chi connectivity index (χ2n) is 5.29. The Hall–Kier alpha value is -1.94. The number of benzene rings is 1. The van der Waals surface area contributed by atoms with E-state index in [1.54, 1.807) is 17.0 Å². The van der Waals surface area contributed by atoms with Crippen LogP contribution in [0.25, 0.3) is 0 Å². The molecular weight excluding hydrogens is 253 g/mol. The van der Waals surface area contributed by atoms with E-state index in [-0.39, 0.29) is 5.82 Å². The molecule has 1 aromatic carbocycles. The Bertz CT molecular complexity index is 533. The molecule has 0 unspecified atom stereocenters. The highest BCUT2D eigenvalue weighted by molar-refractivity contribution is 5.31. The summed E-state index contributed by atoms with van der Waals surface area (Å²) in [5.74, 6) is 1.03. The summed E-state index contributed by atoms with van der Waals surface area (Å²) < 4.78 is 12.9. The lowest BCUT2D eigenvalue weighted by molar-refractivity contribution is -0.914. The highest BCUT2D eigenvalue weighted by atomic mass is 19.1. The normalized spacial score (nSPS) is 16.4. The van der Waals surface area contributed by atoms with Gasteiger partial charge in [-0.3, -0.25) is 4.90 Å². The summed E-state index contributed by atoms with van der Waals surface area (Å²) in [4.78, 5) is 7.23. The van der Waals surface area contributed by atoms with E-state index in [1.807, 2.05) is 24.4 Å². The number of rotatable bonds is 3. The van der Waals surface area contributed by atoms with Crippen molar-refractivity contribution in [3.05, 3.63) is 60.0 Å². The fraction of sp³-hybridized carbons (Fsp3) is 0.312. The van der Waals surface area contributed by atoms with Crippen LogP contribution in [-0.4, -0.2) is 26.2 Å². The van der Waals surface area contributed by atoms with Crippen LogP contribution in [0.3, 0.4) is 0 Å². The molecule has 20 heavy (non-hydrogen) atoms. The molecule has 0 amide bonds. The quantitative estimate of drug-likeness (QED) is 0.866. The minimum absolute atomic E-state index is 0.159. The molecular formula is C16H20FN3+2. The number of anilines is 1. The highest BCUT2D eigenvalue weighted by Gasteiger charge is 2.25. The molecule has 0 spiro atoms. The van der Waals surface area contributed by atoms with Crippen LogP contribution in [0, 0.1) is 5.82 Å². The Labute approximate surface area is 118 Å². The van der Waals surface area contributed by atoms with Crippen LogP contribution < -0.4 is 14.8 Å². The maximum absolute atomic E-state index is 12.9. The number of piperazine rings is 1. The van der Waals surface area contributed by atoms with E-state index in [0.717, 1.165) is 32.7 Å². The van der Waals surface area contributed by atoms with E-state index in [2.05, 4.69) is 22.0 Å². The Balaban J connectivity index is 1.55. The maximum Gasteiger partial charge on any atom is 0.274 e. The van der Waals surface area contributed by atoms with E-state index in [1.165, 1.54) is 11.4 Å². The molecule has 1 aliphatic rings. The summed E-state index contributed by atoms with van der Waals surface area (Å²) in [5.41, 5.74) is 1.21. The minimum atomic E-state index is -0.159. The Morgan fingerprint density at radius 1 is 1.05 bits per heavy atom. The number of nitrogens with one attached hydrogen (secondary N) is 2. The molecule has 0 aliphatic carbocycles. The fourth-order valence-corrected chi connectivity index (χ4v) is 2.71. The number of nitrogens with zero attached hydrogens (tertiary/aromatic N) is 1. The van der Waals surface area contributed by atoms with Gasteiger partial charge in [-0.1, -0.05) is 18.2 Å². The zero-order valence-electron chi connectivity index (χ0n) is 11.5. The Morgan fingerprint density at radius 3 is 2.45 bits per heavy atom. The van der Waals surface area contributed by atoms with E-state index >= 15 is 0 Å². The fourth-order valence-electron chi connectivity index (χ4n) is 2.71. The van der Waals surface area contributed by atoms with Crippen molar-refractivity contribution in [1.82, 2.24) is 0 Å². The van der Waals surface area contributed by atoms with Crippen LogP contribution >= 0.6 is 0 Å². The third-order valence-corrected chi connectivity index (χ3v) is 3.87. The molecule has 1 aliphatic heterocycles. The lowest BCUT2D eigenvalue weighted by Gasteiger charge is -2.28. The van der Waals surface area contributed by atoms with Gasteiger partial charge in [0.2, 0.25) is 0 Å². The van der Waals surface area contributed by atoms with Crippen LogP contribution in [0.5, 0.6) is 0 Å². The first-order valence-electron chi connectivity index (χ1n) is 7.11. The zero-order chi connectivity index (χ0) is 13.8. The number of quaternary nitrogens is 1. The lowest BCUT2D eigenvalue weighted by Crippen LogP contribution is -3.13. The number of hydrogen-bond donors (Lipinski definition) is 1. The van der Waals surface area contributed by atoms with Crippen molar-refractivity contribution < 1.29 is 14.3 Å². The van der Waals surface area contributed by atoms with E-state index < -0.39 is 0 Å². The predicted molar refractivity (Wildman–Crippen MR) is 76.0 cm³/mol. The van der Waals surface area contributed by atoms with E-state index in [4.69, 9.17) is 0 Å². The molecule has 1 saturated heterocycles. The first-order chi connectivity index (χ1) is 9.81. The van der Waals surface area contributed by atoms with Crippen LogP contribution in [-0.2, 0) is 6.54 Å². The van der Waals surface area contributed by atoms with Gasteiger partial charge in [0.1, 0.15) is 38.5 Å². The SMILES string of the molecule is Fc1ccc(C[NH+]2CCN(c3cccc[nH+]3)CC2)cc1. The van der Waals surface area contributed by atoms with Crippen LogP contribution in [0.4, 0.5) is 10.2 Å². The van der Waals surface area contributed by atoms with Crippen molar-refractivity contribution in [2.24, 2.45) is 0 Å². The molecule has 1 aromatic heterocycles. The molecule has 0 bridgehead atoms. The molecule has 104 valence electrons. The van der Waals surface area contributed by atoms with Crippen molar-refractivity contribution in [2.75, 3.05) is 31.1 Å². The summed E-state index contributed by atoms with van der Waals surface area (Å²) in [6.45, 7) is 5.31. The molecule has 2 aromatic rings. The smallest absolute Gasteiger partial charge is 0.274 e. The van der Waals surface area contributed by atoms with Gasteiger partial charge in [-0.2, -0.15) is 0 Å². The van der Waals surface area contributed by atoms with Crippen molar-refractivity contribution in [2.45, 2.75) is 6.54 Å². The monoisotopic (exact) mass is 273 g/mol. The Kier molecular flexibility index (Phi) is 3.92. The van der Waals surface area contributed by atoms with Gasteiger partial charge in [-0.25, -0.2) is 9.37 Å². The average molecular weight is 273 g/mol. The average Bonchev–Trinajstić information content (AvgIpc) is 2.51. The molecule has 2 heterocycles. The van der Waals surface area contributed by atoms with Crippen LogP contribution in [0.2, 0.25) is 0 Å². The molecule has 3 nitrogen and oxygen atoms in total. The molecule has 1 fully saturated rings. The van der Waals surface area contributed by atoms with E-state index in [9.17, 15) is 4.39 Å². The second kappa shape index (κ2) is 6.01. The van der Waals surface area contributed by atoms with Gasteiger partial charge in [0.05, 0.1) is 6.20 Å². The first kappa shape index (κ1) is 13.1. The summed E-state index contributed by atoms with van der Waals surface area (Å²) in [6, 6.07) is 13.0. The number of H-pyrrole nitrogens is 1. The van der Waals surface area contributed by atoms with Gasteiger partial charge < -0.3 is 4.90 Å².